The van der Waals surface area contributed by atoms with E-state index < -0.39 is 4.92 Å². The summed E-state index contributed by atoms with van der Waals surface area (Å²) in [6, 6.07) is 3.15. The van der Waals surface area contributed by atoms with Crippen LogP contribution >= 0.6 is 0 Å². The molecule has 1 aliphatic rings. The van der Waals surface area contributed by atoms with Gasteiger partial charge < -0.3 is 10.6 Å². The van der Waals surface area contributed by atoms with Crippen molar-refractivity contribution in [2.45, 2.75) is 33.1 Å². The summed E-state index contributed by atoms with van der Waals surface area (Å²) in [6.45, 7) is 5.77. The van der Waals surface area contributed by atoms with E-state index in [9.17, 15) is 10.1 Å². The Labute approximate surface area is 112 Å². The number of anilines is 2. The van der Waals surface area contributed by atoms with Crippen LogP contribution in [0, 0.1) is 15.5 Å². The molecule has 1 fully saturated rings. The molecular formula is C13H20N4O2. The molecule has 0 saturated heterocycles. The molecule has 1 aliphatic carbocycles. The third-order valence-corrected chi connectivity index (χ3v) is 3.41. The Morgan fingerprint density at radius 2 is 2.16 bits per heavy atom. The summed E-state index contributed by atoms with van der Waals surface area (Å²) in [7, 11) is 0. The summed E-state index contributed by atoms with van der Waals surface area (Å²) < 4.78 is 0. The van der Waals surface area contributed by atoms with Crippen molar-refractivity contribution >= 4 is 17.3 Å². The second-order valence-electron chi connectivity index (χ2n) is 5.41. The minimum Gasteiger partial charge on any atom is -0.370 e. The number of rotatable bonds is 7. The molecular weight excluding hydrogens is 244 g/mol. The highest BCUT2D eigenvalue weighted by Crippen LogP contribution is 2.45. The van der Waals surface area contributed by atoms with Crippen LogP contribution < -0.4 is 10.6 Å². The quantitative estimate of drug-likeness (QED) is 0.584. The molecule has 0 atom stereocenters. The Hall–Kier alpha value is -1.85. The third-order valence-electron chi connectivity index (χ3n) is 3.41. The first-order chi connectivity index (χ1) is 9.04. The van der Waals surface area contributed by atoms with E-state index in [1.54, 1.807) is 6.07 Å². The van der Waals surface area contributed by atoms with E-state index in [1.165, 1.54) is 18.9 Å². The van der Waals surface area contributed by atoms with E-state index in [0.29, 0.717) is 11.6 Å². The Bertz CT molecular complexity index is 472. The lowest BCUT2D eigenvalue weighted by molar-refractivity contribution is -0.384. The lowest BCUT2D eigenvalue weighted by Gasteiger charge is -2.12. The average molecular weight is 264 g/mol. The number of hydrogen-bond donors (Lipinski definition) is 2. The van der Waals surface area contributed by atoms with Gasteiger partial charge in [-0.15, -0.1) is 0 Å². The fraction of sp³-hybridized carbons (Fsp3) is 0.615. The van der Waals surface area contributed by atoms with Gasteiger partial charge in [0, 0.05) is 19.2 Å². The number of aromatic nitrogens is 1. The van der Waals surface area contributed by atoms with Gasteiger partial charge in [-0.3, -0.25) is 10.1 Å². The summed E-state index contributed by atoms with van der Waals surface area (Å²) in [5.41, 5.74) is 0.314. The zero-order chi connectivity index (χ0) is 13.9. The zero-order valence-corrected chi connectivity index (χ0v) is 11.4. The van der Waals surface area contributed by atoms with Crippen LogP contribution in [0.5, 0.6) is 0 Å². The van der Waals surface area contributed by atoms with Crippen molar-refractivity contribution in [3.63, 3.8) is 0 Å². The van der Waals surface area contributed by atoms with E-state index in [0.717, 1.165) is 19.5 Å². The standard InChI is InChI=1S/C13H20N4O2/c1-3-8-14-11-5-4-10(17(18)19)12(16-11)15-9-13(2)6-7-13/h4-5H,3,6-9H2,1-2H3,(H2,14,15,16). The molecule has 0 bridgehead atoms. The molecule has 1 saturated carbocycles. The predicted molar refractivity (Wildman–Crippen MR) is 75.5 cm³/mol. The van der Waals surface area contributed by atoms with Gasteiger partial charge in [0.15, 0.2) is 0 Å². The third kappa shape index (κ3) is 3.56. The number of pyridine rings is 1. The summed E-state index contributed by atoms with van der Waals surface area (Å²) in [5.74, 6) is 1.04. The second-order valence-corrected chi connectivity index (χ2v) is 5.41. The van der Waals surface area contributed by atoms with E-state index in [-0.39, 0.29) is 11.1 Å². The van der Waals surface area contributed by atoms with Gasteiger partial charge in [-0.25, -0.2) is 4.98 Å². The molecule has 1 heterocycles. The monoisotopic (exact) mass is 264 g/mol. The normalized spacial score (nSPS) is 15.9. The summed E-state index contributed by atoms with van der Waals surface area (Å²) in [4.78, 5) is 14.9. The Morgan fingerprint density at radius 1 is 1.42 bits per heavy atom. The van der Waals surface area contributed by atoms with Gasteiger partial charge in [0.05, 0.1) is 4.92 Å². The fourth-order valence-electron chi connectivity index (χ4n) is 1.77. The van der Waals surface area contributed by atoms with Crippen LogP contribution in [0.2, 0.25) is 0 Å². The highest BCUT2D eigenvalue weighted by Gasteiger charge is 2.37. The minimum absolute atomic E-state index is 0.0336. The molecule has 6 heteroatoms. The molecule has 2 rings (SSSR count). The number of nitro groups is 1. The maximum Gasteiger partial charge on any atom is 0.311 e. The van der Waals surface area contributed by atoms with E-state index in [1.807, 2.05) is 0 Å². The van der Waals surface area contributed by atoms with Gasteiger partial charge in [-0.2, -0.15) is 0 Å². The van der Waals surface area contributed by atoms with Crippen LogP contribution in [0.3, 0.4) is 0 Å². The SMILES string of the molecule is CCCNc1ccc([N+](=O)[O-])c(NCC2(C)CC2)n1. The molecule has 104 valence electrons. The van der Waals surface area contributed by atoms with Crippen molar-refractivity contribution in [3.05, 3.63) is 22.2 Å². The zero-order valence-electron chi connectivity index (χ0n) is 11.4. The van der Waals surface area contributed by atoms with E-state index in [2.05, 4.69) is 29.5 Å². The Balaban J connectivity index is 2.12. The van der Waals surface area contributed by atoms with Crippen LogP contribution in [0.25, 0.3) is 0 Å². The summed E-state index contributed by atoms with van der Waals surface area (Å²) in [5, 5.41) is 17.3. The van der Waals surface area contributed by atoms with Crippen molar-refractivity contribution in [1.29, 1.82) is 0 Å². The minimum atomic E-state index is -0.395. The molecule has 19 heavy (non-hydrogen) atoms. The van der Waals surface area contributed by atoms with Gasteiger partial charge in [0.2, 0.25) is 5.82 Å². The number of hydrogen-bond acceptors (Lipinski definition) is 5. The van der Waals surface area contributed by atoms with E-state index in [4.69, 9.17) is 0 Å². The molecule has 0 spiro atoms. The molecule has 0 radical (unpaired) electrons. The average Bonchev–Trinajstić information content (AvgIpc) is 3.12. The maximum absolute atomic E-state index is 11.0. The largest absolute Gasteiger partial charge is 0.370 e. The number of nitrogens with zero attached hydrogens (tertiary/aromatic N) is 2. The lowest BCUT2D eigenvalue weighted by atomic mass is 10.1. The highest BCUT2D eigenvalue weighted by atomic mass is 16.6. The van der Waals surface area contributed by atoms with Crippen molar-refractivity contribution in [2.75, 3.05) is 23.7 Å². The van der Waals surface area contributed by atoms with Crippen molar-refractivity contribution in [1.82, 2.24) is 4.98 Å². The van der Waals surface area contributed by atoms with Gasteiger partial charge >= 0.3 is 5.69 Å². The van der Waals surface area contributed by atoms with Crippen molar-refractivity contribution in [2.24, 2.45) is 5.41 Å². The lowest BCUT2D eigenvalue weighted by Crippen LogP contribution is -2.14. The topological polar surface area (TPSA) is 80.1 Å². The smallest absolute Gasteiger partial charge is 0.311 e. The van der Waals surface area contributed by atoms with Crippen LogP contribution in [0.15, 0.2) is 12.1 Å². The Kier molecular flexibility index (Phi) is 3.87. The molecule has 6 nitrogen and oxygen atoms in total. The fourth-order valence-corrected chi connectivity index (χ4v) is 1.77. The van der Waals surface area contributed by atoms with E-state index >= 15 is 0 Å². The molecule has 0 aliphatic heterocycles. The Morgan fingerprint density at radius 3 is 2.74 bits per heavy atom. The molecule has 0 unspecified atom stereocenters. The summed E-state index contributed by atoms with van der Waals surface area (Å²) in [6.07, 6.45) is 3.32. The van der Waals surface area contributed by atoms with Crippen LogP contribution in [-0.2, 0) is 0 Å². The summed E-state index contributed by atoms with van der Waals surface area (Å²) >= 11 is 0. The predicted octanol–water partition coefficient (Wildman–Crippen LogP) is 3.02. The number of nitrogens with one attached hydrogen (secondary N) is 2. The maximum atomic E-state index is 11.0. The highest BCUT2D eigenvalue weighted by molar-refractivity contribution is 5.60. The molecule has 1 aromatic rings. The first-order valence-corrected chi connectivity index (χ1v) is 6.67. The van der Waals surface area contributed by atoms with Crippen LogP contribution in [-0.4, -0.2) is 23.0 Å². The van der Waals surface area contributed by atoms with Crippen molar-refractivity contribution < 1.29 is 4.92 Å². The molecule has 2 N–H and O–H groups in total. The van der Waals surface area contributed by atoms with Gasteiger partial charge in [0.25, 0.3) is 0 Å². The first kappa shape index (κ1) is 13.6. The van der Waals surface area contributed by atoms with Gasteiger partial charge in [-0.05, 0) is 30.7 Å². The van der Waals surface area contributed by atoms with Crippen molar-refractivity contribution in [3.8, 4) is 0 Å². The van der Waals surface area contributed by atoms with Crippen LogP contribution in [0.1, 0.15) is 33.1 Å². The van der Waals surface area contributed by atoms with Crippen LogP contribution in [0.4, 0.5) is 17.3 Å². The first-order valence-electron chi connectivity index (χ1n) is 6.67. The van der Waals surface area contributed by atoms with Gasteiger partial charge in [-0.1, -0.05) is 13.8 Å². The second kappa shape index (κ2) is 5.42. The molecule has 1 aromatic heterocycles. The molecule has 0 aromatic carbocycles. The molecule has 0 amide bonds. The van der Waals surface area contributed by atoms with Gasteiger partial charge in [0.1, 0.15) is 5.82 Å².